The van der Waals surface area contributed by atoms with E-state index in [1.54, 1.807) is 0 Å². The lowest BCUT2D eigenvalue weighted by Gasteiger charge is -2.25. The minimum Gasteiger partial charge on any atom is -0.372 e. The monoisotopic (exact) mass is 420 g/mol. The van der Waals surface area contributed by atoms with E-state index >= 15 is 0 Å². The van der Waals surface area contributed by atoms with Crippen molar-refractivity contribution in [2.75, 3.05) is 36.0 Å². The van der Waals surface area contributed by atoms with Gasteiger partial charge in [-0.1, -0.05) is 48.0 Å². The molecule has 3 aromatic rings. The molecule has 0 aliphatic carbocycles. The summed E-state index contributed by atoms with van der Waals surface area (Å²) in [5.74, 6) is 0.179. The second kappa shape index (κ2) is 10.5. The molecule has 2 nitrogen and oxygen atoms in total. The van der Waals surface area contributed by atoms with E-state index in [4.69, 9.17) is 11.6 Å². The summed E-state index contributed by atoms with van der Waals surface area (Å²) in [7, 11) is 0. The maximum absolute atomic E-state index is 6.17. The third kappa shape index (κ3) is 4.99. The summed E-state index contributed by atoms with van der Waals surface area (Å²) < 4.78 is 0. The minimum absolute atomic E-state index is 0.179. The fourth-order valence-electron chi connectivity index (χ4n) is 4.17. The molecular weight excluding hydrogens is 388 g/mol. The first-order chi connectivity index (χ1) is 14.6. The number of nitrogens with zero attached hydrogens (tertiary/aromatic N) is 2. The van der Waals surface area contributed by atoms with Crippen molar-refractivity contribution in [3.63, 3.8) is 0 Å². The first-order valence-electron chi connectivity index (χ1n) is 11.1. The number of halogens is 1. The van der Waals surface area contributed by atoms with E-state index < -0.39 is 0 Å². The van der Waals surface area contributed by atoms with Gasteiger partial charge in [-0.15, -0.1) is 0 Å². The lowest BCUT2D eigenvalue weighted by atomic mass is 9.85. The zero-order valence-corrected chi connectivity index (χ0v) is 19.4. The van der Waals surface area contributed by atoms with Crippen molar-refractivity contribution in [3.05, 3.63) is 94.5 Å². The van der Waals surface area contributed by atoms with Gasteiger partial charge in [-0.3, -0.25) is 0 Å². The molecule has 0 unspecified atom stereocenters. The highest BCUT2D eigenvalue weighted by molar-refractivity contribution is 6.30. The summed E-state index contributed by atoms with van der Waals surface area (Å²) in [4.78, 5) is 4.75. The Morgan fingerprint density at radius 2 is 0.833 bits per heavy atom. The van der Waals surface area contributed by atoms with E-state index in [1.807, 2.05) is 12.1 Å². The Morgan fingerprint density at radius 3 is 1.13 bits per heavy atom. The van der Waals surface area contributed by atoms with Crippen LogP contribution >= 0.6 is 11.6 Å². The molecule has 0 aliphatic heterocycles. The second-order valence-electron chi connectivity index (χ2n) is 7.51. The zero-order valence-electron chi connectivity index (χ0n) is 18.6. The van der Waals surface area contributed by atoms with E-state index in [9.17, 15) is 0 Å². The third-order valence-corrected chi connectivity index (χ3v) is 6.17. The molecule has 0 amide bonds. The number of hydrogen-bond acceptors (Lipinski definition) is 2. The van der Waals surface area contributed by atoms with Crippen molar-refractivity contribution in [1.82, 2.24) is 0 Å². The average molecular weight is 421 g/mol. The van der Waals surface area contributed by atoms with E-state index in [0.29, 0.717) is 0 Å². The Hall–Kier alpha value is -2.45. The van der Waals surface area contributed by atoms with Gasteiger partial charge in [0.15, 0.2) is 0 Å². The molecule has 0 fully saturated rings. The molecule has 0 saturated carbocycles. The summed E-state index contributed by atoms with van der Waals surface area (Å²) in [6, 6.07) is 26.3. The Morgan fingerprint density at radius 1 is 0.533 bits per heavy atom. The minimum atomic E-state index is 0.179. The molecule has 0 aromatic heterocycles. The fourth-order valence-corrected chi connectivity index (χ4v) is 4.29. The Labute approximate surface area is 187 Å². The van der Waals surface area contributed by atoms with Crippen molar-refractivity contribution < 1.29 is 0 Å². The molecule has 0 atom stereocenters. The van der Waals surface area contributed by atoms with Crippen molar-refractivity contribution in [2.24, 2.45) is 0 Å². The van der Waals surface area contributed by atoms with Gasteiger partial charge in [-0.25, -0.2) is 0 Å². The quantitative estimate of drug-likeness (QED) is 0.337. The summed E-state index contributed by atoms with van der Waals surface area (Å²) in [5, 5.41) is 0.770. The zero-order chi connectivity index (χ0) is 21.5. The van der Waals surface area contributed by atoms with Gasteiger partial charge in [-0.05, 0) is 80.8 Å². The van der Waals surface area contributed by atoms with Gasteiger partial charge >= 0.3 is 0 Å². The van der Waals surface area contributed by atoms with Crippen molar-refractivity contribution >= 4 is 23.0 Å². The fraction of sp³-hybridized carbons (Fsp3) is 0.333. The number of rotatable bonds is 9. The lowest BCUT2D eigenvalue weighted by molar-refractivity contribution is 0.862. The summed E-state index contributed by atoms with van der Waals surface area (Å²) in [5.41, 5.74) is 6.39. The van der Waals surface area contributed by atoms with E-state index in [-0.39, 0.29) is 5.92 Å². The van der Waals surface area contributed by atoms with Crippen LogP contribution in [0, 0.1) is 0 Å². The molecule has 0 saturated heterocycles. The number of hydrogen-bond donors (Lipinski definition) is 0. The van der Waals surface area contributed by atoms with E-state index in [2.05, 4.69) is 98.2 Å². The number of anilines is 2. The third-order valence-electron chi connectivity index (χ3n) is 5.91. The first-order valence-corrected chi connectivity index (χ1v) is 11.4. The van der Waals surface area contributed by atoms with Gasteiger partial charge in [0, 0.05) is 48.5 Å². The maximum atomic E-state index is 6.17. The van der Waals surface area contributed by atoms with Crippen molar-refractivity contribution in [1.29, 1.82) is 0 Å². The van der Waals surface area contributed by atoms with Crippen LogP contribution < -0.4 is 9.80 Å². The smallest absolute Gasteiger partial charge is 0.0406 e. The van der Waals surface area contributed by atoms with Gasteiger partial charge < -0.3 is 9.80 Å². The molecular formula is C27H33ClN2. The SMILES string of the molecule is CCN(CC)c1ccc(C(c2ccc(Cl)cc2)c2ccc(N(CC)CC)cc2)cc1. The van der Waals surface area contributed by atoms with E-state index in [0.717, 1.165) is 31.2 Å². The molecule has 3 heteroatoms. The van der Waals surface area contributed by atoms with Gasteiger partial charge in [0.25, 0.3) is 0 Å². The number of benzene rings is 3. The Kier molecular flexibility index (Phi) is 7.81. The van der Waals surface area contributed by atoms with Crippen LogP contribution in [0.5, 0.6) is 0 Å². The molecule has 0 aliphatic rings. The maximum Gasteiger partial charge on any atom is 0.0406 e. The topological polar surface area (TPSA) is 6.48 Å². The molecule has 0 radical (unpaired) electrons. The van der Waals surface area contributed by atoms with Gasteiger partial charge in [0.05, 0.1) is 0 Å². The molecule has 0 bridgehead atoms. The molecule has 3 rings (SSSR count). The molecule has 0 N–H and O–H groups in total. The van der Waals surface area contributed by atoms with Crippen LogP contribution in [-0.2, 0) is 0 Å². The molecule has 3 aromatic carbocycles. The average Bonchev–Trinajstić information content (AvgIpc) is 2.79. The van der Waals surface area contributed by atoms with Crippen molar-refractivity contribution in [2.45, 2.75) is 33.6 Å². The molecule has 158 valence electrons. The van der Waals surface area contributed by atoms with Crippen molar-refractivity contribution in [3.8, 4) is 0 Å². The standard InChI is InChI=1S/C27H33ClN2/c1-5-29(6-2)25-17-11-22(12-18-25)27(21-9-15-24(28)16-10-21)23-13-19-26(20-14-23)30(7-3)8-4/h9-20,27H,5-8H2,1-4H3. The van der Waals surface area contributed by atoms with Crippen LogP contribution in [0.4, 0.5) is 11.4 Å². The van der Waals surface area contributed by atoms with Crippen LogP contribution in [0.15, 0.2) is 72.8 Å². The summed E-state index contributed by atoms with van der Waals surface area (Å²) in [6.45, 7) is 12.9. The Bertz CT molecular complexity index is 838. The van der Waals surface area contributed by atoms with Crippen LogP contribution in [0.2, 0.25) is 5.02 Å². The van der Waals surface area contributed by atoms with Crippen LogP contribution in [0.25, 0.3) is 0 Å². The highest BCUT2D eigenvalue weighted by Gasteiger charge is 2.18. The summed E-state index contributed by atoms with van der Waals surface area (Å²) in [6.07, 6.45) is 0. The van der Waals surface area contributed by atoms with Crippen LogP contribution in [0.3, 0.4) is 0 Å². The van der Waals surface area contributed by atoms with Crippen LogP contribution in [-0.4, -0.2) is 26.2 Å². The first kappa shape index (κ1) is 22.2. The van der Waals surface area contributed by atoms with Gasteiger partial charge in [0.1, 0.15) is 0 Å². The highest BCUT2D eigenvalue weighted by atomic mass is 35.5. The molecule has 30 heavy (non-hydrogen) atoms. The highest BCUT2D eigenvalue weighted by Crippen LogP contribution is 2.34. The lowest BCUT2D eigenvalue weighted by Crippen LogP contribution is -2.21. The van der Waals surface area contributed by atoms with Gasteiger partial charge in [-0.2, -0.15) is 0 Å². The predicted octanol–water partition coefficient (Wildman–Crippen LogP) is 7.21. The summed E-state index contributed by atoms with van der Waals surface area (Å²) >= 11 is 6.17. The second-order valence-corrected chi connectivity index (χ2v) is 7.95. The normalized spacial score (nSPS) is 11.0. The molecule has 0 heterocycles. The van der Waals surface area contributed by atoms with Gasteiger partial charge in [0.2, 0.25) is 0 Å². The van der Waals surface area contributed by atoms with E-state index in [1.165, 1.54) is 28.1 Å². The largest absolute Gasteiger partial charge is 0.372 e. The Balaban J connectivity index is 2.00. The van der Waals surface area contributed by atoms with Crippen LogP contribution in [0.1, 0.15) is 50.3 Å². The molecule has 0 spiro atoms. The predicted molar refractivity (Wildman–Crippen MR) is 132 cm³/mol.